The second-order valence-corrected chi connectivity index (χ2v) is 5.23. The summed E-state index contributed by atoms with van der Waals surface area (Å²) < 4.78 is 11.1. The van der Waals surface area contributed by atoms with Gasteiger partial charge in [-0.3, -0.25) is 0 Å². The average Bonchev–Trinajstić information content (AvgIpc) is 2.86. The zero-order chi connectivity index (χ0) is 14.5. The molecule has 0 aliphatic carbocycles. The van der Waals surface area contributed by atoms with Gasteiger partial charge in [-0.05, 0) is 60.4 Å². The highest BCUT2D eigenvalue weighted by molar-refractivity contribution is 7.08. The van der Waals surface area contributed by atoms with Crippen LogP contribution in [0.4, 0.5) is 0 Å². The first-order valence-electron chi connectivity index (χ1n) is 6.77. The fourth-order valence-corrected chi connectivity index (χ4v) is 2.94. The lowest BCUT2D eigenvalue weighted by Gasteiger charge is -2.15. The summed E-state index contributed by atoms with van der Waals surface area (Å²) in [5.74, 6) is 1.39. The van der Waals surface area contributed by atoms with Crippen LogP contribution in [-0.2, 0) is 0 Å². The maximum absolute atomic E-state index is 10.5. The van der Waals surface area contributed by atoms with E-state index in [9.17, 15) is 5.11 Å². The molecule has 0 bridgehead atoms. The first kappa shape index (κ1) is 14.9. The number of aryl methyl sites for hydroxylation is 1. The molecule has 108 valence electrons. The van der Waals surface area contributed by atoms with Crippen molar-refractivity contribution in [1.82, 2.24) is 0 Å². The van der Waals surface area contributed by atoms with Gasteiger partial charge >= 0.3 is 0 Å². The minimum Gasteiger partial charge on any atom is -0.490 e. The van der Waals surface area contributed by atoms with Crippen molar-refractivity contribution in [2.45, 2.75) is 26.9 Å². The summed E-state index contributed by atoms with van der Waals surface area (Å²) in [6.07, 6.45) is -0.629. The molecule has 3 nitrogen and oxygen atoms in total. The number of rotatable bonds is 6. The van der Waals surface area contributed by atoms with Gasteiger partial charge in [0.2, 0.25) is 0 Å². The fraction of sp³-hybridized carbons (Fsp3) is 0.375. The molecule has 1 unspecified atom stereocenters. The summed E-state index contributed by atoms with van der Waals surface area (Å²) >= 11 is 1.60. The number of thiophene rings is 1. The van der Waals surface area contributed by atoms with Crippen molar-refractivity contribution < 1.29 is 14.6 Å². The van der Waals surface area contributed by atoms with Crippen molar-refractivity contribution in [3.63, 3.8) is 0 Å². The molecule has 0 aliphatic heterocycles. The summed E-state index contributed by atoms with van der Waals surface area (Å²) in [5, 5.41) is 14.5. The predicted octanol–water partition coefficient (Wildman–Crippen LogP) is 3.94. The van der Waals surface area contributed by atoms with E-state index in [0.717, 1.165) is 16.7 Å². The Morgan fingerprint density at radius 2 is 1.80 bits per heavy atom. The molecule has 4 heteroatoms. The standard InChI is InChI=1S/C16H20O3S/c1-4-18-14-7-6-12(8-15(14)19-5-2)16(17)13-10-20-9-11(13)3/h6-10,16-17H,4-5H2,1-3H3. The first-order valence-corrected chi connectivity index (χ1v) is 7.71. The molecule has 20 heavy (non-hydrogen) atoms. The molecular formula is C16H20O3S. The van der Waals surface area contributed by atoms with E-state index in [1.54, 1.807) is 11.3 Å². The van der Waals surface area contributed by atoms with Crippen LogP contribution in [0.1, 0.15) is 36.6 Å². The van der Waals surface area contributed by atoms with Gasteiger partial charge in [-0.1, -0.05) is 6.07 Å². The molecule has 0 fully saturated rings. The summed E-state index contributed by atoms with van der Waals surface area (Å²) in [7, 11) is 0. The molecule has 2 aromatic rings. The van der Waals surface area contributed by atoms with Gasteiger partial charge in [-0.2, -0.15) is 11.3 Å². The van der Waals surface area contributed by atoms with E-state index < -0.39 is 6.10 Å². The molecule has 0 saturated carbocycles. The van der Waals surface area contributed by atoms with Gasteiger partial charge in [-0.15, -0.1) is 0 Å². The molecule has 1 N–H and O–H groups in total. The van der Waals surface area contributed by atoms with Crippen LogP contribution in [0, 0.1) is 6.92 Å². The van der Waals surface area contributed by atoms with Crippen molar-refractivity contribution in [3.8, 4) is 11.5 Å². The molecule has 1 aromatic heterocycles. The molecule has 0 aliphatic rings. The normalized spacial score (nSPS) is 12.2. The molecule has 0 spiro atoms. The number of benzene rings is 1. The smallest absolute Gasteiger partial charge is 0.161 e. The second-order valence-electron chi connectivity index (χ2n) is 4.48. The quantitative estimate of drug-likeness (QED) is 0.876. The highest BCUT2D eigenvalue weighted by Gasteiger charge is 2.16. The number of hydrogen-bond acceptors (Lipinski definition) is 4. The number of ether oxygens (including phenoxy) is 2. The summed E-state index contributed by atoms with van der Waals surface area (Å²) in [4.78, 5) is 0. The molecule has 1 aromatic carbocycles. The Hall–Kier alpha value is -1.52. The van der Waals surface area contributed by atoms with Crippen molar-refractivity contribution in [2.24, 2.45) is 0 Å². The Morgan fingerprint density at radius 3 is 2.40 bits per heavy atom. The van der Waals surface area contributed by atoms with E-state index in [1.807, 2.05) is 49.7 Å². The molecule has 0 radical (unpaired) electrons. The predicted molar refractivity (Wildman–Crippen MR) is 81.9 cm³/mol. The van der Waals surface area contributed by atoms with Crippen LogP contribution in [0.15, 0.2) is 29.0 Å². The molecule has 1 atom stereocenters. The van der Waals surface area contributed by atoms with Crippen LogP contribution in [0.3, 0.4) is 0 Å². The van der Waals surface area contributed by atoms with Gasteiger partial charge < -0.3 is 14.6 Å². The monoisotopic (exact) mass is 292 g/mol. The van der Waals surface area contributed by atoms with Crippen LogP contribution < -0.4 is 9.47 Å². The fourth-order valence-electron chi connectivity index (χ4n) is 2.07. The van der Waals surface area contributed by atoms with Crippen LogP contribution in [0.5, 0.6) is 11.5 Å². The third-order valence-corrected chi connectivity index (χ3v) is 3.95. The highest BCUT2D eigenvalue weighted by atomic mass is 32.1. The van der Waals surface area contributed by atoms with Gasteiger partial charge in [0.1, 0.15) is 6.10 Å². The Labute approximate surface area is 123 Å². The van der Waals surface area contributed by atoms with Gasteiger partial charge in [0.05, 0.1) is 13.2 Å². The van der Waals surface area contributed by atoms with E-state index in [4.69, 9.17) is 9.47 Å². The Morgan fingerprint density at radius 1 is 1.10 bits per heavy atom. The van der Waals surface area contributed by atoms with Crippen LogP contribution in [-0.4, -0.2) is 18.3 Å². The van der Waals surface area contributed by atoms with Crippen molar-refractivity contribution >= 4 is 11.3 Å². The second kappa shape index (κ2) is 6.77. The van der Waals surface area contributed by atoms with Crippen LogP contribution in [0.25, 0.3) is 0 Å². The molecule has 2 rings (SSSR count). The Bertz CT molecular complexity index is 563. The van der Waals surface area contributed by atoms with E-state index in [2.05, 4.69) is 0 Å². The highest BCUT2D eigenvalue weighted by Crippen LogP contribution is 2.34. The maximum Gasteiger partial charge on any atom is 0.161 e. The molecular weight excluding hydrogens is 272 g/mol. The van der Waals surface area contributed by atoms with Crippen LogP contribution >= 0.6 is 11.3 Å². The lowest BCUT2D eigenvalue weighted by molar-refractivity contribution is 0.218. The third-order valence-electron chi connectivity index (χ3n) is 3.07. The van der Waals surface area contributed by atoms with Gasteiger partial charge in [-0.25, -0.2) is 0 Å². The van der Waals surface area contributed by atoms with Crippen molar-refractivity contribution in [1.29, 1.82) is 0 Å². The van der Waals surface area contributed by atoms with E-state index in [-0.39, 0.29) is 0 Å². The maximum atomic E-state index is 10.5. The zero-order valence-electron chi connectivity index (χ0n) is 12.1. The zero-order valence-corrected chi connectivity index (χ0v) is 12.9. The average molecular weight is 292 g/mol. The van der Waals surface area contributed by atoms with E-state index >= 15 is 0 Å². The van der Waals surface area contributed by atoms with Gasteiger partial charge in [0.15, 0.2) is 11.5 Å². The summed E-state index contributed by atoms with van der Waals surface area (Å²) in [5.41, 5.74) is 2.87. The van der Waals surface area contributed by atoms with Crippen molar-refractivity contribution in [2.75, 3.05) is 13.2 Å². The lowest BCUT2D eigenvalue weighted by Crippen LogP contribution is -2.03. The SMILES string of the molecule is CCOc1ccc(C(O)c2cscc2C)cc1OCC. The first-order chi connectivity index (χ1) is 9.67. The summed E-state index contributed by atoms with van der Waals surface area (Å²) in [6.45, 7) is 7.03. The minimum absolute atomic E-state index is 0.567. The largest absolute Gasteiger partial charge is 0.490 e. The van der Waals surface area contributed by atoms with Gasteiger partial charge in [0.25, 0.3) is 0 Å². The van der Waals surface area contributed by atoms with Gasteiger partial charge in [0, 0.05) is 0 Å². The number of hydrogen-bond donors (Lipinski definition) is 1. The topological polar surface area (TPSA) is 38.7 Å². The molecule has 0 amide bonds. The molecule has 1 heterocycles. The number of aliphatic hydroxyl groups excluding tert-OH is 1. The van der Waals surface area contributed by atoms with Crippen molar-refractivity contribution in [3.05, 3.63) is 45.6 Å². The Kier molecular flexibility index (Phi) is 5.04. The summed E-state index contributed by atoms with van der Waals surface area (Å²) in [6, 6.07) is 5.60. The Balaban J connectivity index is 2.32. The number of aliphatic hydroxyl groups is 1. The van der Waals surface area contributed by atoms with E-state index in [1.165, 1.54) is 0 Å². The molecule has 0 saturated heterocycles. The third kappa shape index (κ3) is 3.14. The lowest BCUT2D eigenvalue weighted by atomic mass is 10.0. The minimum atomic E-state index is -0.629. The van der Waals surface area contributed by atoms with E-state index in [0.29, 0.717) is 24.7 Å². The van der Waals surface area contributed by atoms with Crippen LogP contribution in [0.2, 0.25) is 0 Å².